The molecule has 1 aromatic carbocycles. The zero-order chi connectivity index (χ0) is 15.2. The van der Waals surface area contributed by atoms with Crippen molar-refractivity contribution in [3.8, 4) is 11.8 Å². The van der Waals surface area contributed by atoms with Crippen LogP contribution in [0.5, 0.6) is 0 Å². The van der Waals surface area contributed by atoms with Crippen molar-refractivity contribution in [2.45, 2.75) is 13.5 Å². The number of carbonyl (C=O) groups excluding carboxylic acids is 1. The van der Waals surface area contributed by atoms with E-state index in [0.717, 1.165) is 11.8 Å². The Morgan fingerprint density at radius 3 is 2.86 bits per heavy atom. The van der Waals surface area contributed by atoms with E-state index in [2.05, 4.69) is 17.2 Å². The highest BCUT2D eigenvalue weighted by Gasteiger charge is 2.12. The Morgan fingerprint density at radius 1 is 1.38 bits per heavy atom. The number of hydrogen-bond acceptors (Lipinski definition) is 3. The van der Waals surface area contributed by atoms with Gasteiger partial charge in [0.2, 0.25) is 0 Å². The SMILES string of the molecule is Cc1ccc(CNC(=O)c2cc(F)ccc2C#CCN)o1. The van der Waals surface area contributed by atoms with Crippen LogP contribution in [0, 0.1) is 24.6 Å². The summed E-state index contributed by atoms with van der Waals surface area (Å²) >= 11 is 0. The Hall–Kier alpha value is -2.58. The molecule has 3 N–H and O–H groups in total. The third-order valence-corrected chi connectivity index (χ3v) is 2.77. The molecule has 0 bridgehead atoms. The Labute approximate surface area is 122 Å². The number of aryl methyl sites for hydroxylation is 1. The molecule has 0 atom stereocenters. The Morgan fingerprint density at radius 2 is 2.19 bits per heavy atom. The standard InChI is InChI=1S/C16H15FN2O2/c1-11-4-7-14(21-11)10-19-16(20)15-9-13(17)6-5-12(15)3-2-8-18/h4-7,9H,8,10,18H2,1H3,(H,19,20). The molecule has 1 heterocycles. The minimum absolute atomic E-state index is 0.171. The lowest BCUT2D eigenvalue weighted by Gasteiger charge is -2.06. The van der Waals surface area contributed by atoms with E-state index < -0.39 is 11.7 Å². The highest BCUT2D eigenvalue weighted by atomic mass is 19.1. The average molecular weight is 286 g/mol. The fourth-order valence-electron chi connectivity index (χ4n) is 1.80. The third-order valence-electron chi connectivity index (χ3n) is 2.77. The molecule has 0 saturated heterocycles. The van der Waals surface area contributed by atoms with Crippen LogP contribution >= 0.6 is 0 Å². The molecule has 0 unspecified atom stereocenters. The number of nitrogens with two attached hydrogens (primary N) is 1. The monoisotopic (exact) mass is 286 g/mol. The minimum atomic E-state index is -0.493. The van der Waals surface area contributed by atoms with Crippen LogP contribution in [0.15, 0.2) is 34.7 Å². The van der Waals surface area contributed by atoms with E-state index in [9.17, 15) is 9.18 Å². The molecule has 1 amide bonds. The number of halogens is 1. The average Bonchev–Trinajstić information content (AvgIpc) is 2.89. The molecule has 5 heteroatoms. The summed E-state index contributed by atoms with van der Waals surface area (Å²) in [6.07, 6.45) is 0. The number of furan rings is 1. The number of hydrogen-bond donors (Lipinski definition) is 2. The van der Waals surface area contributed by atoms with Crippen LogP contribution in [0.2, 0.25) is 0 Å². The molecule has 0 aliphatic carbocycles. The Balaban J connectivity index is 2.15. The molecule has 2 aromatic rings. The van der Waals surface area contributed by atoms with E-state index in [1.807, 2.05) is 13.0 Å². The van der Waals surface area contributed by atoms with Gasteiger partial charge in [0.25, 0.3) is 5.91 Å². The molecule has 108 valence electrons. The smallest absolute Gasteiger partial charge is 0.253 e. The van der Waals surface area contributed by atoms with Gasteiger partial charge in [0, 0.05) is 5.56 Å². The number of nitrogens with one attached hydrogen (secondary N) is 1. The minimum Gasteiger partial charge on any atom is -0.465 e. The van der Waals surface area contributed by atoms with Crippen LogP contribution in [0.1, 0.15) is 27.4 Å². The second kappa shape index (κ2) is 6.73. The van der Waals surface area contributed by atoms with E-state index in [1.54, 1.807) is 6.07 Å². The summed E-state index contributed by atoms with van der Waals surface area (Å²) in [6.45, 7) is 2.22. The second-order valence-electron chi connectivity index (χ2n) is 4.39. The van der Waals surface area contributed by atoms with Gasteiger partial charge in [-0.15, -0.1) is 0 Å². The first-order valence-electron chi connectivity index (χ1n) is 6.42. The van der Waals surface area contributed by atoms with Gasteiger partial charge in [-0.2, -0.15) is 0 Å². The van der Waals surface area contributed by atoms with Gasteiger partial charge < -0.3 is 15.5 Å². The number of rotatable bonds is 3. The van der Waals surface area contributed by atoms with Gasteiger partial charge in [0.15, 0.2) is 0 Å². The van der Waals surface area contributed by atoms with Crippen molar-refractivity contribution in [1.29, 1.82) is 0 Å². The fourth-order valence-corrected chi connectivity index (χ4v) is 1.80. The second-order valence-corrected chi connectivity index (χ2v) is 4.39. The maximum Gasteiger partial charge on any atom is 0.253 e. The van der Waals surface area contributed by atoms with Gasteiger partial charge in [0.1, 0.15) is 17.3 Å². The zero-order valence-corrected chi connectivity index (χ0v) is 11.6. The molecule has 0 aliphatic heterocycles. The zero-order valence-electron chi connectivity index (χ0n) is 11.6. The van der Waals surface area contributed by atoms with Crippen molar-refractivity contribution in [2.75, 3.05) is 6.54 Å². The predicted octanol–water partition coefficient (Wildman–Crippen LogP) is 1.97. The van der Waals surface area contributed by atoms with Crippen LogP contribution in [0.4, 0.5) is 4.39 Å². The first-order valence-corrected chi connectivity index (χ1v) is 6.42. The van der Waals surface area contributed by atoms with Gasteiger partial charge in [-0.3, -0.25) is 4.79 Å². The van der Waals surface area contributed by atoms with Crippen molar-refractivity contribution in [1.82, 2.24) is 5.32 Å². The molecular weight excluding hydrogens is 271 g/mol. The molecule has 0 saturated carbocycles. The molecule has 0 aliphatic rings. The summed E-state index contributed by atoms with van der Waals surface area (Å²) in [6, 6.07) is 7.46. The van der Waals surface area contributed by atoms with Crippen LogP contribution < -0.4 is 11.1 Å². The molecular formula is C16H15FN2O2. The molecule has 0 radical (unpaired) electrons. The van der Waals surface area contributed by atoms with Crippen molar-refractivity contribution in [3.63, 3.8) is 0 Å². The third kappa shape index (κ3) is 3.94. The van der Waals surface area contributed by atoms with E-state index in [-0.39, 0.29) is 18.7 Å². The van der Waals surface area contributed by atoms with Crippen LogP contribution in [-0.4, -0.2) is 12.5 Å². The first kappa shape index (κ1) is 14.8. The molecule has 0 fully saturated rings. The van der Waals surface area contributed by atoms with Gasteiger partial charge in [-0.05, 0) is 37.3 Å². The lowest BCUT2D eigenvalue weighted by molar-refractivity contribution is 0.0947. The maximum absolute atomic E-state index is 13.3. The molecule has 2 rings (SSSR count). The summed E-state index contributed by atoms with van der Waals surface area (Å²) < 4.78 is 18.7. The van der Waals surface area contributed by atoms with Crippen LogP contribution in [0.25, 0.3) is 0 Å². The highest BCUT2D eigenvalue weighted by Crippen LogP contribution is 2.11. The van der Waals surface area contributed by atoms with E-state index in [0.29, 0.717) is 11.3 Å². The van der Waals surface area contributed by atoms with Crippen molar-refractivity contribution in [2.24, 2.45) is 5.73 Å². The quantitative estimate of drug-likeness (QED) is 0.848. The lowest BCUT2D eigenvalue weighted by atomic mass is 10.1. The van der Waals surface area contributed by atoms with Crippen molar-refractivity contribution < 1.29 is 13.6 Å². The number of benzene rings is 1. The molecule has 4 nitrogen and oxygen atoms in total. The lowest BCUT2D eigenvalue weighted by Crippen LogP contribution is -2.23. The van der Waals surface area contributed by atoms with E-state index >= 15 is 0 Å². The Bertz CT molecular complexity index is 711. The van der Waals surface area contributed by atoms with Crippen molar-refractivity contribution >= 4 is 5.91 Å². The summed E-state index contributed by atoms with van der Waals surface area (Å²) in [5, 5.41) is 2.67. The summed E-state index contributed by atoms with van der Waals surface area (Å²) in [5.74, 6) is 5.90. The van der Waals surface area contributed by atoms with Gasteiger partial charge in [0.05, 0.1) is 18.7 Å². The van der Waals surface area contributed by atoms with Crippen LogP contribution in [-0.2, 0) is 6.54 Å². The largest absolute Gasteiger partial charge is 0.465 e. The first-order chi connectivity index (χ1) is 10.1. The van der Waals surface area contributed by atoms with E-state index in [1.165, 1.54) is 12.1 Å². The van der Waals surface area contributed by atoms with Gasteiger partial charge in [-0.1, -0.05) is 11.8 Å². The summed E-state index contributed by atoms with van der Waals surface area (Å²) in [7, 11) is 0. The van der Waals surface area contributed by atoms with Crippen molar-refractivity contribution in [3.05, 3.63) is 58.8 Å². The number of carbonyl (C=O) groups is 1. The molecule has 21 heavy (non-hydrogen) atoms. The summed E-state index contributed by atoms with van der Waals surface area (Å²) in [5.41, 5.74) is 5.93. The van der Waals surface area contributed by atoms with Gasteiger partial charge in [-0.25, -0.2) is 4.39 Å². The Kier molecular flexibility index (Phi) is 4.75. The normalized spacial score (nSPS) is 9.86. The highest BCUT2D eigenvalue weighted by molar-refractivity contribution is 5.96. The fraction of sp³-hybridized carbons (Fsp3) is 0.188. The topological polar surface area (TPSA) is 68.3 Å². The summed E-state index contributed by atoms with van der Waals surface area (Å²) in [4.78, 5) is 12.1. The van der Waals surface area contributed by atoms with Crippen LogP contribution in [0.3, 0.4) is 0 Å². The molecule has 0 spiro atoms. The number of amides is 1. The maximum atomic E-state index is 13.3. The predicted molar refractivity (Wildman–Crippen MR) is 76.9 cm³/mol. The molecule has 1 aromatic heterocycles. The van der Waals surface area contributed by atoms with E-state index in [4.69, 9.17) is 10.2 Å². The van der Waals surface area contributed by atoms with Gasteiger partial charge >= 0.3 is 0 Å².